The van der Waals surface area contributed by atoms with Gasteiger partial charge in [0, 0.05) is 26.7 Å². The zero-order valence-corrected chi connectivity index (χ0v) is 11.4. The molecule has 0 aliphatic carbocycles. The number of aryl methyl sites for hydroxylation is 2. The molecule has 1 aliphatic rings. The second kappa shape index (κ2) is 5.52. The molecule has 1 unspecified atom stereocenters. The maximum absolute atomic E-state index is 12.4. The normalized spacial score (nSPS) is 19.8. The summed E-state index contributed by atoms with van der Waals surface area (Å²) in [5.41, 5.74) is 1.65. The molecule has 1 amide bonds. The first kappa shape index (κ1) is 13.1. The van der Waals surface area contributed by atoms with E-state index in [1.165, 1.54) is 0 Å². The van der Waals surface area contributed by atoms with Gasteiger partial charge in [-0.2, -0.15) is 5.10 Å². The summed E-state index contributed by atoms with van der Waals surface area (Å²) in [7, 11) is 3.72. The Hall–Kier alpha value is -1.36. The third kappa shape index (κ3) is 2.56. The van der Waals surface area contributed by atoms with Crippen LogP contribution < -0.4 is 5.32 Å². The summed E-state index contributed by atoms with van der Waals surface area (Å²) in [6, 6.07) is 2.20. The number of nitrogens with one attached hydrogen (secondary N) is 1. The van der Waals surface area contributed by atoms with Crippen LogP contribution in [-0.2, 0) is 13.5 Å². The lowest BCUT2D eigenvalue weighted by atomic mass is 10.1. The number of likely N-dealkylation sites (N-methyl/N-ethyl adjacent to an activating group) is 1. The highest BCUT2D eigenvalue weighted by atomic mass is 16.2. The Bertz CT molecular complexity index is 421. The fourth-order valence-electron chi connectivity index (χ4n) is 2.41. The van der Waals surface area contributed by atoms with Gasteiger partial charge in [-0.3, -0.25) is 9.48 Å². The Kier molecular flexibility index (Phi) is 4.01. The first-order chi connectivity index (χ1) is 8.63. The van der Waals surface area contributed by atoms with E-state index in [4.69, 9.17) is 0 Å². The number of aromatic nitrogens is 2. The lowest BCUT2D eigenvalue weighted by Gasteiger charge is -2.31. The van der Waals surface area contributed by atoms with Gasteiger partial charge in [-0.15, -0.1) is 0 Å². The van der Waals surface area contributed by atoms with Crippen LogP contribution in [0.5, 0.6) is 0 Å². The minimum atomic E-state index is 0.0680. The molecule has 1 aromatic rings. The van der Waals surface area contributed by atoms with E-state index in [2.05, 4.69) is 10.4 Å². The van der Waals surface area contributed by atoms with Crippen molar-refractivity contribution in [3.63, 3.8) is 0 Å². The predicted molar refractivity (Wildman–Crippen MR) is 70.6 cm³/mol. The van der Waals surface area contributed by atoms with E-state index >= 15 is 0 Å². The third-order valence-corrected chi connectivity index (χ3v) is 3.65. The molecule has 1 N–H and O–H groups in total. The van der Waals surface area contributed by atoms with Crippen molar-refractivity contribution >= 4 is 5.91 Å². The summed E-state index contributed by atoms with van der Waals surface area (Å²) in [5.74, 6) is 0.0680. The Labute approximate surface area is 108 Å². The predicted octanol–water partition coefficient (Wildman–Crippen LogP) is 0.806. The molecule has 2 heterocycles. The Morgan fingerprint density at radius 1 is 1.67 bits per heavy atom. The number of piperidine rings is 1. The maximum Gasteiger partial charge on any atom is 0.272 e. The molecule has 0 aromatic carbocycles. The zero-order chi connectivity index (χ0) is 13.1. The molecule has 100 valence electrons. The van der Waals surface area contributed by atoms with Gasteiger partial charge in [0.2, 0.25) is 0 Å². The molecule has 1 fully saturated rings. The molecule has 2 rings (SSSR count). The van der Waals surface area contributed by atoms with Crippen molar-refractivity contribution in [2.24, 2.45) is 7.05 Å². The summed E-state index contributed by atoms with van der Waals surface area (Å²) < 4.78 is 1.69. The van der Waals surface area contributed by atoms with Crippen LogP contribution >= 0.6 is 0 Å². The van der Waals surface area contributed by atoms with Crippen molar-refractivity contribution in [1.29, 1.82) is 0 Å². The molecule has 5 nitrogen and oxygen atoms in total. The Morgan fingerprint density at radius 3 is 3.00 bits per heavy atom. The summed E-state index contributed by atoms with van der Waals surface area (Å²) in [6.07, 6.45) is 3.07. The minimum Gasteiger partial charge on any atom is -0.336 e. The highest BCUT2D eigenvalue weighted by Crippen LogP contribution is 2.13. The highest BCUT2D eigenvalue weighted by molar-refractivity contribution is 5.92. The van der Waals surface area contributed by atoms with Gasteiger partial charge in [-0.1, -0.05) is 6.92 Å². The SMILES string of the molecule is CCc1cc(C(=O)N(C)C2CCCNC2)n(C)n1. The molecule has 0 spiro atoms. The zero-order valence-electron chi connectivity index (χ0n) is 11.4. The number of amides is 1. The fraction of sp³-hybridized carbons (Fsp3) is 0.692. The first-order valence-corrected chi connectivity index (χ1v) is 6.64. The molecule has 0 bridgehead atoms. The van der Waals surface area contributed by atoms with Crippen LogP contribution in [0.1, 0.15) is 35.9 Å². The van der Waals surface area contributed by atoms with Crippen LogP contribution in [-0.4, -0.2) is 46.8 Å². The second-order valence-corrected chi connectivity index (χ2v) is 4.91. The van der Waals surface area contributed by atoms with Crippen molar-refractivity contribution in [2.45, 2.75) is 32.2 Å². The second-order valence-electron chi connectivity index (χ2n) is 4.91. The average Bonchev–Trinajstić information content (AvgIpc) is 2.79. The van der Waals surface area contributed by atoms with Crippen molar-refractivity contribution < 1.29 is 4.79 Å². The van der Waals surface area contributed by atoms with Crippen LogP contribution in [0.2, 0.25) is 0 Å². The highest BCUT2D eigenvalue weighted by Gasteiger charge is 2.24. The standard InChI is InChI=1S/C13H22N4O/c1-4-10-8-12(17(3)15-10)13(18)16(2)11-6-5-7-14-9-11/h8,11,14H,4-7,9H2,1-3H3. The van der Waals surface area contributed by atoms with Gasteiger partial charge in [0.15, 0.2) is 0 Å². The Morgan fingerprint density at radius 2 is 2.44 bits per heavy atom. The fourth-order valence-corrected chi connectivity index (χ4v) is 2.41. The van der Waals surface area contributed by atoms with E-state index < -0.39 is 0 Å². The summed E-state index contributed by atoms with van der Waals surface area (Å²) >= 11 is 0. The van der Waals surface area contributed by atoms with E-state index in [9.17, 15) is 4.79 Å². The van der Waals surface area contributed by atoms with Crippen molar-refractivity contribution in [3.8, 4) is 0 Å². The van der Waals surface area contributed by atoms with Crippen molar-refractivity contribution in [3.05, 3.63) is 17.5 Å². The van der Waals surface area contributed by atoms with Gasteiger partial charge in [-0.25, -0.2) is 0 Å². The van der Waals surface area contributed by atoms with E-state index in [1.54, 1.807) is 4.68 Å². The van der Waals surface area contributed by atoms with E-state index in [0.29, 0.717) is 11.7 Å². The number of nitrogens with zero attached hydrogens (tertiary/aromatic N) is 3. The minimum absolute atomic E-state index is 0.0680. The third-order valence-electron chi connectivity index (χ3n) is 3.65. The van der Waals surface area contributed by atoms with Crippen LogP contribution in [0.25, 0.3) is 0 Å². The molecule has 0 saturated carbocycles. The smallest absolute Gasteiger partial charge is 0.272 e. The lowest BCUT2D eigenvalue weighted by molar-refractivity contribution is 0.0697. The van der Waals surface area contributed by atoms with Crippen LogP contribution in [0.4, 0.5) is 0 Å². The molecule has 1 aliphatic heterocycles. The molecule has 1 saturated heterocycles. The molecule has 1 atom stereocenters. The number of rotatable bonds is 3. The van der Waals surface area contributed by atoms with E-state index in [0.717, 1.165) is 38.0 Å². The molecular weight excluding hydrogens is 228 g/mol. The van der Waals surface area contributed by atoms with Gasteiger partial charge in [-0.05, 0) is 31.9 Å². The molecule has 18 heavy (non-hydrogen) atoms. The lowest BCUT2D eigenvalue weighted by Crippen LogP contribution is -2.47. The van der Waals surface area contributed by atoms with Crippen LogP contribution in [0.15, 0.2) is 6.07 Å². The molecular formula is C13H22N4O. The monoisotopic (exact) mass is 250 g/mol. The van der Waals surface area contributed by atoms with Gasteiger partial charge < -0.3 is 10.2 Å². The number of carbonyl (C=O) groups is 1. The first-order valence-electron chi connectivity index (χ1n) is 6.64. The van der Waals surface area contributed by atoms with Gasteiger partial charge in [0.25, 0.3) is 5.91 Å². The molecule has 5 heteroatoms. The van der Waals surface area contributed by atoms with Crippen molar-refractivity contribution in [2.75, 3.05) is 20.1 Å². The van der Waals surface area contributed by atoms with E-state index in [-0.39, 0.29) is 5.91 Å². The summed E-state index contributed by atoms with van der Waals surface area (Å²) in [6.45, 7) is 4.00. The van der Waals surface area contributed by atoms with Crippen LogP contribution in [0.3, 0.4) is 0 Å². The summed E-state index contributed by atoms with van der Waals surface area (Å²) in [5, 5.41) is 7.67. The molecule has 0 radical (unpaired) electrons. The van der Waals surface area contributed by atoms with Gasteiger partial charge >= 0.3 is 0 Å². The summed E-state index contributed by atoms with van der Waals surface area (Å²) in [4.78, 5) is 14.3. The Balaban J connectivity index is 2.11. The number of carbonyl (C=O) groups excluding carboxylic acids is 1. The topological polar surface area (TPSA) is 50.2 Å². The quantitative estimate of drug-likeness (QED) is 0.863. The average molecular weight is 250 g/mol. The number of hydrogen-bond donors (Lipinski definition) is 1. The maximum atomic E-state index is 12.4. The largest absolute Gasteiger partial charge is 0.336 e. The van der Waals surface area contributed by atoms with Gasteiger partial charge in [0.05, 0.1) is 5.69 Å². The van der Waals surface area contributed by atoms with Gasteiger partial charge in [0.1, 0.15) is 5.69 Å². The van der Waals surface area contributed by atoms with E-state index in [1.807, 2.05) is 32.0 Å². The van der Waals surface area contributed by atoms with Crippen LogP contribution in [0, 0.1) is 0 Å². The molecule has 1 aromatic heterocycles. The number of hydrogen-bond acceptors (Lipinski definition) is 3. The van der Waals surface area contributed by atoms with Crippen molar-refractivity contribution in [1.82, 2.24) is 20.0 Å².